The van der Waals surface area contributed by atoms with Crippen LogP contribution in [0.3, 0.4) is 0 Å². The second-order valence-electron chi connectivity index (χ2n) is 5.24. The summed E-state index contributed by atoms with van der Waals surface area (Å²) in [6.45, 7) is 5.24. The molecule has 20 heavy (non-hydrogen) atoms. The van der Waals surface area contributed by atoms with Gasteiger partial charge in [-0.2, -0.15) is 0 Å². The van der Waals surface area contributed by atoms with Crippen LogP contribution in [0.2, 0.25) is 0 Å². The Kier molecular flexibility index (Phi) is 4.34. The zero-order valence-electron chi connectivity index (χ0n) is 11.7. The van der Waals surface area contributed by atoms with Crippen LogP contribution in [0.15, 0.2) is 12.1 Å². The Morgan fingerprint density at radius 1 is 1.40 bits per heavy atom. The Labute approximate surface area is 117 Å². The number of hydrogen-bond acceptors (Lipinski definition) is 4. The topological polar surface area (TPSA) is 84.3 Å². The van der Waals surface area contributed by atoms with Gasteiger partial charge < -0.3 is 10.6 Å². The van der Waals surface area contributed by atoms with Gasteiger partial charge in [-0.05, 0) is 50.4 Å². The number of carbonyl (C=O) groups is 1. The maximum absolute atomic E-state index is 12.2. The first kappa shape index (κ1) is 14.5. The smallest absolute Gasteiger partial charge is 0.293 e. The van der Waals surface area contributed by atoms with Crippen molar-refractivity contribution in [3.05, 3.63) is 33.4 Å². The fraction of sp³-hybridized carbons (Fsp3) is 0.500. The highest BCUT2D eigenvalue weighted by Gasteiger charge is 2.24. The monoisotopic (exact) mass is 277 g/mol. The van der Waals surface area contributed by atoms with Gasteiger partial charge in [0.1, 0.15) is 5.69 Å². The molecule has 1 amide bonds. The molecule has 1 aromatic rings. The number of amides is 1. The molecule has 1 aliphatic heterocycles. The second kappa shape index (κ2) is 6.00. The average Bonchev–Trinajstić information content (AvgIpc) is 2.43. The fourth-order valence-corrected chi connectivity index (χ4v) is 2.36. The number of nitrogens with one attached hydrogen (secondary N) is 2. The lowest BCUT2D eigenvalue weighted by atomic mass is 9.98. The third kappa shape index (κ3) is 3.14. The summed E-state index contributed by atoms with van der Waals surface area (Å²) in [6.07, 6.45) is 1.77. The van der Waals surface area contributed by atoms with E-state index in [4.69, 9.17) is 0 Å². The van der Waals surface area contributed by atoms with Gasteiger partial charge in [-0.3, -0.25) is 14.9 Å². The summed E-state index contributed by atoms with van der Waals surface area (Å²) < 4.78 is 0. The number of benzene rings is 1. The summed E-state index contributed by atoms with van der Waals surface area (Å²) in [5.41, 5.74) is 2.00. The Balaban J connectivity index is 2.21. The number of hydrogen-bond donors (Lipinski definition) is 2. The zero-order valence-corrected chi connectivity index (χ0v) is 11.7. The molecule has 2 rings (SSSR count). The number of carbonyl (C=O) groups excluding carboxylic acids is 1. The third-order valence-electron chi connectivity index (χ3n) is 3.73. The van der Waals surface area contributed by atoms with E-state index in [0.717, 1.165) is 30.5 Å². The van der Waals surface area contributed by atoms with E-state index < -0.39 is 4.92 Å². The maximum Gasteiger partial charge on any atom is 0.293 e. The SMILES string of the molecule is Cc1cc(NC(=O)C2CCCNC2)c([N+](=O)[O-])cc1C. The molecule has 1 heterocycles. The van der Waals surface area contributed by atoms with E-state index in [0.29, 0.717) is 6.54 Å². The molecule has 6 nitrogen and oxygen atoms in total. The number of piperidine rings is 1. The predicted molar refractivity (Wildman–Crippen MR) is 76.8 cm³/mol. The minimum absolute atomic E-state index is 0.0507. The van der Waals surface area contributed by atoms with Gasteiger partial charge in [0.25, 0.3) is 5.69 Å². The summed E-state index contributed by atoms with van der Waals surface area (Å²) in [6, 6.07) is 3.17. The van der Waals surface area contributed by atoms with Gasteiger partial charge in [-0.1, -0.05) is 0 Å². The van der Waals surface area contributed by atoms with E-state index in [1.807, 2.05) is 13.8 Å². The molecule has 1 saturated heterocycles. The molecular weight excluding hydrogens is 258 g/mol. The van der Waals surface area contributed by atoms with Crippen LogP contribution in [-0.2, 0) is 4.79 Å². The molecule has 1 atom stereocenters. The third-order valence-corrected chi connectivity index (χ3v) is 3.73. The van der Waals surface area contributed by atoms with Crippen LogP contribution in [-0.4, -0.2) is 23.9 Å². The van der Waals surface area contributed by atoms with Crippen LogP contribution in [0.25, 0.3) is 0 Å². The predicted octanol–water partition coefficient (Wildman–Crippen LogP) is 2.15. The fourth-order valence-electron chi connectivity index (χ4n) is 2.36. The van der Waals surface area contributed by atoms with Crippen molar-refractivity contribution < 1.29 is 9.72 Å². The standard InChI is InChI=1S/C14H19N3O3/c1-9-6-12(13(17(19)20)7-10(9)2)16-14(18)11-4-3-5-15-8-11/h6-7,11,15H,3-5,8H2,1-2H3,(H,16,18). The Bertz CT molecular complexity index is 537. The van der Waals surface area contributed by atoms with E-state index in [-0.39, 0.29) is 23.2 Å². The molecule has 6 heteroatoms. The summed E-state index contributed by atoms with van der Waals surface area (Å²) in [4.78, 5) is 22.8. The van der Waals surface area contributed by atoms with Crippen molar-refractivity contribution in [2.75, 3.05) is 18.4 Å². The van der Waals surface area contributed by atoms with Gasteiger partial charge in [-0.15, -0.1) is 0 Å². The average molecular weight is 277 g/mol. The van der Waals surface area contributed by atoms with Gasteiger partial charge in [0.15, 0.2) is 0 Å². The molecule has 1 fully saturated rings. The van der Waals surface area contributed by atoms with Crippen molar-refractivity contribution >= 4 is 17.3 Å². The molecule has 0 radical (unpaired) electrons. The van der Waals surface area contributed by atoms with Crippen molar-refractivity contribution in [1.29, 1.82) is 0 Å². The number of aryl methyl sites for hydroxylation is 2. The lowest BCUT2D eigenvalue weighted by molar-refractivity contribution is -0.384. The number of rotatable bonds is 3. The van der Waals surface area contributed by atoms with Crippen molar-refractivity contribution in [3.63, 3.8) is 0 Å². The molecule has 1 aromatic carbocycles. The summed E-state index contributed by atoms with van der Waals surface area (Å²) >= 11 is 0. The van der Waals surface area contributed by atoms with Crippen LogP contribution in [0.1, 0.15) is 24.0 Å². The summed E-state index contributed by atoms with van der Waals surface area (Å²) in [5, 5.41) is 17.0. The van der Waals surface area contributed by atoms with E-state index in [9.17, 15) is 14.9 Å². The highest BCUT2D eigenvalue weighted by Crippen LogP contribution is 2.28. The molecule has 2 N–H and O–H groups in total. The van der Waals surface area contributed by atoms with Gasteiger partial charge in [0.05, 0.1) is 10.8 Å². The molecule has 0 aromatic heterocycles. The second-order valence-corrected chi connectivity index (χ2v) is 5.24. The first-order valence-corrected chi connectivity index (χ1v) is 6.76. The van der Waals surface area contributed by atoms with E-state index in [1.54, 1.807) is 6.07 Å². The van der Waals surface area contributed by atoms with Gasteiger partial charge >= 0.3 is 0 Å². The van der Waals surface area contributed by atoms with Gasteiger partial charge in [-0.25, -0.2) is 0 Å². The zero-order chi connectivity index (χ0) is 14.7. The van der Waals surface area contributed by atoms with Crippen molar-refractivity contribution in [3.8, 4) is 0 Å². The molecule has 108 valence electrons. The van der Waals surface area contributed by atoms with E-state index >= 15 is 0 Å². The highest BCUT2D eigenvalue weighted by atomic mass is 16.6. The van der Waals surface area contributed by atoms with E-state index in [2.05, 4.69) is 10.6 Å². The maximum atomic E-state index is 12.2. The van der Waals surface area contributed by atoms with Crippen LogP contribution < -0.4 is 10.6 Å². The van der Waals surface area contributed by atoms with Crippen molar-refractivity contribution in [1.82, 2.24) is 5.32 Å². The lowest BCUT2D eigenvalue weighted by Crippen LogP contribution is -2.37. The minimum Gasteiger partial charge on any atom is -0.320 e. The lowest BCUT2D eigenvalue weighted by Gasteiger charge is -2.22. The Hall–Kier alpha value is -1.95. The van der Waals surface area contributed by atoms with Crippen LogP contribution in [0.4, 0.5) is 11.4 Å². The molecule has 0 bridgehead atoms. The van der Waals surface area contributed by atoms with Crippen molar-refractivity contribution in [2.24, 2.45) is 5.92 Å². The number of nitro benzene ring substituents is 1. The Morgan fingerprint density at radius 3 is 2.70 bits per heavy atom. The number of nitro groups is 1. The minimum atomic E-state index is -0.457. The normalized spacial score (nSPS) is 18.6. The summed E-state index contributed by atoms with van der Waals surface area (Å²) in [5.74, 6) is -0.270. The molecule has 1 aliphatic rings. The van der Waals surface area contributed by atoms with Crippen LogP contribution in [0.5, 0.6) is 0 Å². The number of anilines is 1. The van der Waals surface area contributed by atoms with Crippen molar-refractivity contribution in [2.45, 2.75) is 26.7 Å². The molecule has 1 unspecified atom stereocenters. The largest absolute Gasteiger partial charge is 0.320 e. The van der Waals surface area contributed by atoms with Gasteiger partial charge in [0.2, 0.25) is 5.91 Å². The van der Waals surface area contributed by atoms with Gasteiger partial charge in [0, 0.05) is 12.6 Å². The number of nitrogens with zero attached hydrogens (tertiary/aromatic N) is 1. The first-order chi connectivity index (χ1) is 9.49. The molecular formula is C14H19N3O3. The molecule has 0 saturated carbocycles. The molecule has 0 spiro atoms. The Morgan fingerprint density at radius 2 is 2.10 bits per heavy atom. The van der Waals surface area contributed by atoms with E-state index in [1.165, 1.54) is 6.07 Å². The summed E-state index contributed by atoms with van der Waals surface area (Å²) in [7, 11) is 0. The quantitative estimate of drug-likeness (QED) is 0.655. The molecule has 0 aliphatic carbocycles. The highest BCUT2D eigenvalue weighted by molar-refractivity contribution is 5.95. The first-order valence-electron chi connectivity index (χ1n) is 6.76. The van der Waals surface area contributed by atoms with Crippen LogP contribution >= 0.6 is 0 Å². The van der Waals surface area contributed by atoms with Crippen LogP contribution in [0, 0.1) is 29.9 Å².